The molecule has 4 aliphatic carbocycles. The van der Waals surface area contributed by atoms with Crippen LogP contribution in [0.5, 0.6) is 0 Å². The summed E-state index contributed by atoms with van der Waals surface area (Å²) in [6, 6.07) is 2.69. The number of hydrogen-bond donors (Lipinski definition) is 3. The van der Waals surface area contributed by atoms with Crippen LogP contribution in [0.1, 0.15) is 32.1 Å². The van der Waals surface area contributed by atoms with Gasteiger partial charge in [0.1, 0.15) is 5.52 Å². The molecule has 0 spiro atoms. The molecular weight excluding hydrogens is 276 g/mol. The highest BCUT2D eigenvalue weighted by Crippen LogP contribution is 2.58. The van der Waals surface area contributed by atoms with Gasteiger partial charge in [0.15, 0.2) is 5.82 Å². The van der Waals surface area contributed by atoms with Crippen molar-refractivity contribution in [2.75, 3.05) is 10.6 Å². The molecule has 4 saturated carbocycles. The smallest absolute Gasteiger partial charge is 0.223 e. The fourth-order valence-corrected chi connectivity index (χ4v) is 3.96. The molecular formula is C16H20N6. The van der Waals surface area contributed by atoms with Gasteiger partial charge >= 0.3 is 0 Å². The molecule has 0 radical (unpaired) electrons. The van der Waals surface area contributed by atoms with Gasteiger partial charge in [-0.05, 0) is 44.1 Å². The van der Waals surface area contributed by atoms with Crippen molar-refractivity contribution in [2.24, 2.45) is 11.7 Å². The Morgan fingerprint density at radius 1 is 1.18 bits per heavy atom. The molecule has 2 aromatic heterocycles. The molecule has 6 rings (SSSR count). The maximum atomic E-state index is 5.83. The van der Waals surface area contributed by atoms with Crippen molar-refractivity contribution >= 4 is 22.7 Å². The van der Waals surface area contributed by atoms with E-state index in [0.717, 1.165) is 35.5 Å². The third kappa shape index (κ3) is 1.86. The average molecular weight is 296 g/mol. The molecule has 22 heavy (non-hydrogen) atoms. The fourth-order valence-electron chi connectivity index (χ4n) is 3.96. The van der Waals surface area contributed by atoms with Crippen LogP contribution < -0.4 is 16.4 Å². The number of nitrogens with two attached hydrogens (primary N) is 1. The van der Waals surface area contributed by atoms with E-state index in [4.69, 9.17) is 10.7 Å². The summed E-state index contributed by atoms with van der Waals surface area (Å²) in [5.41, 5.74) is 7.04. The maximum Gasteiger partial charge on any atom is 0.223 e. The van der Waals surface area contributed by atoms with E-state index in [0.29, 0.717) is 23.6 Å². The van der Waals surface area contributed by atoms with E-state index in [1.807, 2.05) is 18.5 Å². The lowest BCUT2D eigenvalue weighted by molar-refractivity contribution is 0.00192. The molecule has 2 heterocycles. The van der Waals surface area contributed by atoms with Gasteiger partial charge < -0.3 is 16.4 Å². The van der Waals surface area contributed by atoms with Crippen LogP contribution in [0.2, 0.25) is 0 Å². The highest BCUT2D eigenvalue weighted by molar-refractivity contribution is 5.88. The van der Waals surface area contributed by atoms with Crippen molar-refractivity contribution in [2.45, 2.75) is 49.7 Å². The molecule has 0 amide bonds. The van der Waals surface area contributed by atoms with Crippen LogP contribution in [-0.4, -0.2) is 32.6 Å². The lowest BCUT2D eigenvalue weighted by atomic mass is 9.50. The Bertz CT molecular complexity index is 721. The fraction of sp³-hybridized carbons (Fsp3) is 0.562. The predicted molar refractivity (Wildman–Crippen MR) is 85.6 cm³/mol. The van der Waals surface area contributed by atoms with Gasteiger partial charge in [-0.2, -0.15) is 0 Å². The Morgan fingerprint density at radius 2 is 2.00 bits per heavy atom. The summed E-state index contributed by atoms with van der Waals surface area (Å²) in [6.45, 7) is 0. The second kappa shape index (κ2) is 4.29. The zero-order valence-corrected chi connectivity index (χ0v) is 12.4. The summed E-state index contributed by atoms with van der Waals surface area (Å²) in [5.74, 6) is 2.52. The Balaban J connectivity index is 1.44. The van der Waals surface area contributed by atoms with E-state index in [9.17, 15) is 0 Å². The van der Waals surface area contributed by atoms with Crippen molar-refractivity contribution in [1.29, 1.82) is 0 Å². The van der Waals surface area contributed by atoms with Gasteiger partial charge in [-0.3, -0.25) is 0 Å². The lowest BCUT2D eigenvalue weighted by Gasteiger charge is -2.62. The molecule has 6 heteroatoms. The third-order valence-electron chi connectivity index (χ3n) is 5.43. The number of nitrogens with zero attached hydrogens (tertiary/aromatic N) is 3. The minimum absolute atomic E-state index is 0.297. The largest absolute Gasteiger partial charge is 0.363 e. The molecule has 0 aliphatic heterocycles. The number of hydrogen-bond acceptors (Lipinski definition) is 6. The van der Waals surface area contributed by atoms with Crippen molar-refractivity contribution < 1.29 is 0 Å². The van der Waals surface area contributed by atoms with Crippen LogP contribution >= 0.6 is 0 Å². The van der Waals surface area contributed by atoms with Crippen LogP contribution in [0.25, 0.3) is 10.9 Å². The van der Waals surface area contributed by atoms with Gasteiger partial charge in [-0.15, -0.1) is 0 Å². The SMILES string of the molecule is N[C@H]1C[C@H](Nc2ncc3ccnc(NC45CC(C4)C5)c3n2)C1. The zero-order chi connectivity index (χ0) is 14.7. The summed E-state index contributed by atoms with van der Waals surface area (Å²) >= 11 is 0. The van der Waals surface area contributed by atoms with E-state index in [2.05, 4.69) is 20.6 Å². The van der Waals surface area contributed by atoms with Crippen molar-refractivity contribution in [3.05, 3.63) is 18.5 Å². The molecule has 2 bridgehead atoms. The first kappa shape index (κ1) is 12.6. The van der Waals surface area contributed by atoms with Gasteiger partial charge in [-0.25, -0.2) is 15.0 Å². The van der Waals surface area contributed by atoms with Gasteiger partial charge in [0.2, 0.25) is 5.95 Å². The van der Waals surface area contributed by atoms with Crippen LogP contribution in [0, 0.1) is 5.92 Å². The first-order valence-electron chi connectivity index (χ1n) is 8.11. The number of anilines is 2. The highest BCUT2D eigenvalue weighted by Gasteiger charge is 2.56. The summed E-state index contributed by atoms with van der Waals surface area (Å²) in [5, 5.41) is 8.03. The van der Waals surface area contributed by atoms with Crippen LogP contribution in [-0.2, 0) is 0 Å². The molecule has 4 fully saturated rings. The normalized spacial score (nSPS) is 35.2. The van der Waals surface area contributed by atoms with Gasteiger partial charge in [0.05, 0.1) is 0 Å². The second-order valence-corrected chi connectivity index (χ2v) is 7.25. The first-order chi connectivity index (χ1) is 10.7. The van der Waals surface area contributed by atoms with E-state index in [1.54, 1.807) is 0 Å². The standard InChI is InChI=1S/C16H20N6/c17-11-3-12(4-11)20-15-19-8-10-1-2-18-14(13(10)21-15)22-16-5-9(6-16)7-16/h1-2,8-9,11-12H,3-7,17H2,(H,18,22)(H,19,20,21)/t9?,11-,12-,16?. The number of nitrogens with one attached hydrogen (secondary N) is 2. The third-order valence-corrected chi connectivity index (χ3v) is 5.43. The van der Waals surface area contributed by atoms with E-state index in [-0.39, 0.29) is 0 Å². The topological polar surface area (TPSA) is 88.8 Å². The molecule has 0 atom stereocenters. The van der Waals surface area contributed by atoms with Gasteiger partial charge in [-0.1, -0.05) is 0 Å². The molecule has 4 aliphatic rings. The van der Waals surface area contributed by atoms with E-state index < -0.39 is 0 Å². The van der Waals surface area contributed by atoms with Crippen molar-refractivity contribution in [3.63, 3.8) is 0 Å². The summed E-state index contributed by atoms with van der Waals surface area (Å²) < 4.78 is 0. The Morgan fingerprint density at radius 3 is 2.68 bits per heavy atom. The average Bonchev–Trinajstić information content (AvgIpc) is 2.40. The van der Waals surface area contributed by atoms with Crippen molar-refractivity contribution in [1.82, 2.24) is 15.0 Å². The monoisotopic (exact) mass is 296 g/mol. The maximum absolute atomic E-state index is 5.83. The Labute approximate surface area is 128 Å². The highest BCUT2D eigenvalue weighted by atomic mass is 15.2. The van der Waals surface area contributed by atoms with E-state index >= 15 is 0 Å². The number of pyridine rings is 1. The minimum atomic E-state index is 0.297. The zero-order valence-electron chi connectivity index (χ0n) is 12.4. The molecule has 0 aromatic carbocycles. The molecule has 2 aromatic rings. The molecule has 0 unspecified atom stereocenters. The van der Waals surface area contributed by atoms with Gasteiger partial charge in [0, 0.05) is 35.4 Å². The Kier molecular flexibility index (Phi) is 2.45. The first-order valence-corrected chi connectivity index (χ1v) is 8.11. The number of aromatic nitrogens is 3. The van der Waals surface area contributed by atoms with Crippen LogP contribution in [0.3, 0.4) is 0 Å². The predicted octanol–water partition coefficient (Wildman–Crippen LogP) is 1.89. The van der Waals surface area contributed by atoms with Gasteiger partial charge in [0.25, 0.3) is 0 Å². The van der Waals surface area contributed by atoms with E-state index in [1.165, 1.54) is 19.3 Å². The number of fused-ring (bicyclic) bond motifs is 1. The molecule has 114 valence electrons. The summed E-state index contributed by atoms with van der Waals surface area (Å²) in [7, 11) is 0. The summed E-state index contributed by atoms with van der Waals surface area (Å²) in [6.07, 6.45) is 9.52. The Hall–Kier alpha value is -1.95. The quantitative estimate of drug-likeness (QED) is 0.798. The molecule has 0 saturated heterocycles. The minimum Gasteiger partial charge on any atom is -0.363 e. The molecule has 6 nitrogen and oxygen atoms in total. The van der Waals surface area contributed by atoms with Crippen LogP contribution in [0.4, 0.5) is 11.8 Å². The van der Waals surface area contributed by atoms with Crippen molar-refractivity contribution in [3.8, 4) is 0 Å². The lowest BCUT2D eigenvalue weighted by Crippen LogP contribution is -2.63. The number of rotatable bonds is 4. The second-order valence-electron chi connectivity index (χ2n) is 7.25. The summed E-state index contributed by atoms with van der Waals surface area (Å²) in [4.78, 5) is 13.6. The molecule has 4 N–H and O–H groups in total. The van der Waals surface area contributed by atoms with Crippen LogP contribution in [0.15, 0.2) is 18.5 Å².